The number of carboxylic acids is 2. The van der Waals surface area contributed by atoms with E-state index in [-0.39, 0.29) is 5.92 Å². The van der Waals surface area contributed by atoms with Crippen LogP contribution in [-0.4, -0.2) is 22.2 Å². The number of rotatable bonds is 17. The van der Waals surface area contributed by atoms with Gasteiger partial charge in [-0.25, -0.2) is 0 Å². The van der Waals surface area contributed by atoms with Crippen LogP contribution in [0.3, 0.4) is 0 Å². The van der Waals surface area contributed by atoms with E-state index in [0.717, 1.165) is 12.8 Å². The summed E-state index contributed by atoms with van der Waals surface area (Å²) in [5, 5.41) is 16.5. The highest BCUT2D eigenvalue weighted by Gasteiger charge is 1.99. The lowest BCUT2D eigenvalue weighted by atomic mass is 10.0. The van der Waals surface area contributed by atoms with Gasteiger partial charge in [0, 0.05) is 6.42 Å². The zero-order chi connectivity index (χ0) is 20.0. The Kier molecular flexibility index (Phi) is 23.0. The molecule has 0 rings (SSSR count). The van der Waals surface area contributed by atoms with Gasteiger partial charge in [-0.05, 0) is 6.42 Å². The normalized spacial score (nSPS) is 10.5. The maximum atomic E-state index is 10.3. The molecule has 4 heteroatoms. The van der Waals surface area contributed by atoms with E-state index in [9.17, 15) is 9.59 Å². The monoisotopic (exact) mass is 372 g/mol. The van der Waals surface area contributed by atoms with E-state index in [1.807, 2.05) is 0 Å². The molecule has 2 N–H and O–H groups in total. The lowest BCUT2D eigenvalue weighted by Crippen LogP contribution is -2.03. The molecule has 0 aliphatic carbocycles. The molecular weight excluding hydrogens is 328 g/mol. The molecule has 0 aromatic rings. The molecule has 0 heterocycles. The second-order valence-electron chi connectivity index (χ2n) is 7.59. The molecule has 0 radical (unpaired) electrons. The zero-order valence-corrected chi connectivity index (χ0v) is 17.6. The van der Waals surface area contributed by atoms with Gasteiger partial charge in [-0.1, -0.05) is 111 Å². The van der Waals surface area contributed by atoms with Gasteiger partial charge in [0.25, 0.3) is 0 Å². The first-order valence-corrected chi connectivity index (χ1v) is 10.9. The third kappa shape index (κ3) is 27.8. The molecule has 0 aromatic carbocycles. The minimum Gasteiger partial charge on any atom is -0.481 e. The summed E-state index contributed by atoms with van der Waals surface area (Å²) in [7, 11) is 0. The third-order valence-electron chi connectivity index (χ3n) is 4.49. The van der Waals surface area contributed by atoms with Crippen LogP contribution in [0.4, 0.5) is 0 Å². The summed E-state index contributed by atoms with van der Waals surface area (Å²) >= 11 is 0. The Labute approximate surface area is 161 Å². The molecule has 0 aliphatic heterocycles. The number of hydrogen-bond donors (Lipinski definition) is 2. The quantitative estimate of drug-likeness (QED) is 0.268. The standard InChI is InChI=1S/C18H36O2.C4H8O2/c1-2-3-4-5-6-7-8-9-10-11-12-13-14-15-16-17-18(19)20;1-3(2)4(5)6/h2-17H2,1H3,(H,19,20);3H,1-2H3,(H,5,6). The van der Waals surface area contributed by atoms with Gasteiger partial charge in [0.1, 0.15) is 0 Å². The largest absolute Gasteiger partial charge is 0.481 e. The summed E-state index contributed by atoms with van der Waals surface area (Å²) in [6.07, 6.45) is 20.2. The Hall–Kier alpha value is -1.06. The van der Waals surface area contributed by atoms with E-state index in [0.29, 0.717) is 6.42 Å². The van der Waals surface area contributed by atoms with Crippen molar-refractivity contribution in [2.75, 3.05) is 0 Å². The highest BCUT2D eigenvalue weighted by Crippen LogP contribution is 2.13. The van der Waals surface area contributed by atoms with Gasteiger partial charge in [-0.3, -0.25) is 9.59 Å². The average Bonchev–Trinajstić information content (AvgIpc) is 2.58. The molecular formula is C22H44O4. The molecule has 4 nitrogen and oxygen atoms in total. The summed E-state index contributed by atoms with van der Waals surface area (Å²) in [5.74, 6) is -1.63. The SMILES string of the molecule is CC(C)C(=O)O.CCCCCCCCCCCCCCCCCC(=O)O. The van der Waals surface area contributed by atoms with Crippen LogP contribution in [0.1, 0.15) is 124 Å². The molecule has 0 amide bonds. The number of carboxylic acid groups (broad SMARTS) is 2. The van der Waals surface area contributed by atoms with Crippen molar-refractivity contribution in [3.05, 3.63) is 0 Å². The van der Waals surface area contributed by atoms with Crippen LogP contribution in [-0.2, 0) is 9.59 Å². The van der Waals surface area contributed by atoms with Crippen molar-refractivity contribution in [3.8, 4) is 0 Å². The van der Waals surface area contributed by atoms with Crippen LogP contribution in [0, 0.1) is 5.92 Å². The summed E-state index contributed by atoms with van der Waals surface area (Å²) in [5.41, 5.74) is 0. The molecule has 156 valence electrons. The second-order valence-corrected chi connectivity index (χ2v) is 7.59. The highest BCUT2D eigenvalue weighted by molar-refractivity contribution is 5.68. The summed E-state index contributed by atoms with van der Waals surface area (Å²) in [6, 6.07) is 0. The van der Waals surface area contributed by atoms with Gasteiger partial charge in [0.05, 0.1) is 5.92 Å². The van der Waals surface area contributed by atoms with Crippen molar-refractivity contribution in [2.45, 2.75) is 124 Å². The first-order chi connectivity index (χ1) is 12.4. The van der Waals surface area contributed by atoms with Crippen molar-refractivity contribution in [1.82, 2.24) is 0 Å². The number of unbranched alkanes of at least 4 members (excludes halogenated alkanes) is 14. The number of aliphatic carboxylic acids is 2. The Bertz CT molecular complexity index is 313. The smallest absolute Gasteiger partial charge is 0.305 e. The van der Waals surface area contributed by atoms with Crippen molar-refractivity contribution >= 4 is 11.9 Å². The third-order valence-corrected chi connectivity index (χ3v) is 4.49. The molecule has 0 unspecified atom stereocenters. The number of hydrogen-bond acceptors (Lipinski definition) is 2. The minimum atomic E-state index is -0.741. The summed E-state index contributed by atoms with van der Waals surface area (Å²) < 4.78 is 0. The molecule has 0 atom stereocenters. The Balaban J connectivity index is 0. The minimum absolute atomic E-state index is 0.231. The van der Waals surface area contributed by atoms with Gasteiger partial charge in [-0.2, -0.15) is 0 Å². The topological polar surface area (TPSA) is 74.6 Å². The molecule has 0 saturated carbocycles. The molecule has 26 heavy (non-hydrogen) atoms. The van der Waals surface area contributed by atoms with Gasteiger partial charge in [-0.15, -0.1) is 0 Å². The van der Waals surface area contributed by atoms with Crippen molar-refractivity contribution < 1.29 is 19.8 Å². The summed E-state index contributed by atoms with van der Waals surface area (Å²) in [4.78, 5) is 20.0. The van der Waals surface area contributed by atoms with Gasteiger partial charge in [0.15, 0.2) is 0 Å². The first-order valence-electron chi connectivity index (χ1n) is 10.9. The fourth-order valence-corrected chi connectivity index (χ4v) is 2.65. The maximum Gasteiger partial charge on any atom is 0.305 e. The maximum absolute atomic E-state index is 10.3. The van der Waals surface area contributed by atoms with Gasteiger partial charge >= 0.3 is 11.9 Å². The van der Waals surface area contributed by atoms with E-state index in [1.165, 1.54) is 83.5 Å². The summed E-state index contributed by atoms with van der Waals surface area (Å²) in [6.45, 7) is 5.55. The van der Waals surface area contributed by atoms with Crippen LogP contribution in [0.2, 0.25) is 0 Å². The molecule has 0 spiro atoms. The Morgan fingerprint density at radius 2 is 0.885 bits per heavy atom. The second kappa shape index (κ2) is 22.0. The fraction of sp³-hybridized carbons (Fsp3) is 0.909. The molecule has 0 aromatic heterocycles. The van der Waals surface area contributed by atoms with Gasteiger partial charge in [0.2, 0.25) is 0 Å². The van der Waals surface area contributed by atoms with E-state index in [4.69, 9.17) is 10.2 Å². The van der Waals surface area contributed by atoms with E-state index >= 15 is 0 Å². The van der Waals surface area contributed by atoms with Crippen LogP contribution >= 0.6 is 0 Å². The van der Waals surface area contributed by atoms with E-state index in [2.05, 4.69) is 6.92 Å². The Morgan fingerprint density at radius 3 is 1.12 bits per heavy atom. The predicted molar refractivity (Wildman–Crippen MR) is 110 cm³/mol. The predicted octanol–water partition coefficient (Wildman–Crippen LogP) is 7.06. The Morgan fingerprint density at radius 1 is 0.615 bits per heavy atom. The van der Waals surface area contributed by atoms with Crippen LogP contribution in [0.15, 0.2) is 0 Å². The zero-order valence-electron chi connectivity index (χ0n) is 17.6. The van der Waals surface area contributed by atoms with E-state index < -0.39 is 11.9 Å². The van der Waals surface area contributed by atoms with Crippen molar-refractivity contribution in [2.24, 2.45) is 5.92 Å². The fourth-order valence-electron chi connectivity index (χ4n) is 2.65. The lowest BCUT2D eigenvalue weighted by Gasteiger charge is -2.03. The average molecular weight is 373 g/mol. The molecule has 0 bridgehead atoms. The molecule has 0 saturated heterocycles. The first kappa shape index (κ1) is 27.2. The van der Waals surface area contributed by atoms with Crippen LogP contribution in [0.25, 0.3) is 0 Å². The molecule has 0 aliphatic rings. The number of carbonyl (C=O) groups is 2. The van der Waals surface area contributed by atoms with Crippen LogP contribution in [0.5, 0.6) is 0 Å². The van der Waals surface area contributed by atoms with Crippen molar-refractivity contribution in [3.63, 3.8) is 0 Å². The lowest BCUT2D eigenvalue weighted by molar-refractivity contribution is -0.140. The molecule has 0 fully saturated rings. The van der Waals surface area contributed by atoms with E-state index in [1.54, 1.807) is 13.8 Å². The highest BCUT2D eigenvalue weighted by atomic mass is 16.4. The van der Waals surface area contributed by atoms with Gasteiger partial charge < -0.3 is 10.2 Å². The van der Waals surface area contributed by atoms with Crippen LogP contribution < -0.4 is 0 Å². The van der Waals surface area contributed by atoms with Crippen molar-refractivity contribution in [1.29, 1.82) is 0 Å².